The topological polar surface area (TPSA) is 103 Å². The summed E-state index contributed by atoms with van der Waals surface area (Å²) in [5.74, 6) is -1.47. The van der Waals surface area contributed by atoms with Gasteiger partial charge in [-0.25, -0.2) is 8.78 Å². The van der Waals surface area contributed by atoms with E-state index in [1.807, 2.05) is 11.0 Å². The number of hydrogen-bond donors (Lipinski definition) is 2. The van der Waals surface area contributed by atoms with Crippen molar-refractivity contribution < 1.29 is 35.5 Å². The van der Waals surface area contributed by atoms with E-state index in [9.17, 15) is 18.4 Å². The van der Waals surface area contributed by atoms with Crippen molar-refractivity contribution in [1.82, 2.24) is 20.2 Å². The molecule has 0 amide bonds. The van der Waals surface area contributed by atoms with Crippen LogP contribution in [0.5, 0.6) is 6.01 Å². The zero-order valence-corrected chi connectivity index (χ0v) is 27.9. The number of nitrogen functional groups attached to an aromatic ring is 1. The molecule has 0 aliphatic carbocycles. The van der Waals surface area contributed by atoms with Gasteiger partial charge >= 0.3 is 12.2 Å². The molecule has 51 heavy (non-hydrogen) atoms. The maximum absolute atomic E-state index is 17.2. The van der Waals surface area contributed by atoms with Crippen LogP contribution in [-0.2, 0) is 6.18 Å². The Balaban J connectivity index is 1.35. The molecule has 0 radical (unpaired) electrons. The second-order valence-electron chi connectivity index (χ2n) is 14.1. The monoisotopic (exact) mass is 731 g/mol. The number of nitriles is 1. The highest BCUT2D eigenvalue weighted by Gasteiger charge is 2.50. The molecule has 16 heteroatoms. The van der Waals surface area contributed by atoms with Crippen LogP contribution in [0.4, 0.5) is 41.6 Å². The lowest BCUT2D eigenvalue weighted by Gasteiger charge is -2.35. The van der Waals surface area contributed by atoms with Crippen molar-refractivity contribution in [3.05, 3.63) is 53.4 Å². The summed E-state index contributed by atoms with van der Waals surface area (Å²) in [6.07, 6.45) is -4.60. The third kappa shape index (κ3) is 5.73. The Morgan fingerprint density at radius 1 is 1.22 bits per heavy atom. The number of rotatable bonds is 6. The third-order valence-electron chi connectivity index (χ3n) is 10.9. The average Bonchev–Trinajstić information content (AvgIpc) is 3.62. The van der Waals surface area contributed by atoms with Crippen molar-refractivity contribution in [2.24, 2.45) is 5.92 Å². The molecule has 2 aromatic carbocycles. The number of nitrogens with two attached hydrogens (primary N) is 1. The van der Waals surface area contributed by atoms with Crippen LogP contribution in [0, 0.1) is 23.1 Å². The molecule has 5 fully saturated rings. The molecule has 0 spiro atoms. The first kappa shape index (κ1) is 33.9. The summed E-state index contributed by atoms with van der Waals surface area (Å²) in [6, 6.07) is 6.75. The first-order valence-corrected chi connectivity index (χ1v) is 17.5. The van der Waals surface area contributed by atoms with Gasteiger partial charge in [0.2, 0.25) is 0 Å². The molecule has 2 bridgehead atoms. The van der Waals surface area contributed by atoms with Gasteiger partial charge in [0.25, 0.3) is 6.08 Å². The van der Waals surface area contributed by atoms with E-state index in [0.29, 0.717) is 37.1 Å². The minimum atomic E-state index is -5.08. The Kier molecular flexibility index (Phi) is 8.11. The predicted molar refractivity (Wildman–Crippen MR) is 179 cm³/mol. The molecule has 7 heterocycles. The molecule has 268 valence electrons. The van der Waals surface area contributed by atoms with Crippen molar-refractivity contribution >= 4 is 43.1 Å². The van der Waals surface area contributed by atoms with E-state index in [1.54, 1.807) is 11.0 Å². The number of fused-ring (bicyclic) bond motifs is 7. The number of benzene rings is 2. The Morgan fingerprint density at radius 3 is 2.76 bits per heavy atom. The van der Waals surface area contributed by atoms with Crippen LogP contribution in [0.25, 0.3) is 32.1 Å². The van der Waals surface area contributed by atoms with Crippen molar-refractivity contribution in [1.29, 1.82) is 5.26 Å². The lowest BCUT2D eigenvalue weighted by molar-refractivity contribution is -0.137. The molecular weight excluding hydrogens is 699 g/mol. The number of hydrogen-bond acceptors (Lipinski definition) is 9. The summed E-state index contributed by atoms with van der Waals surface area (Å²) in [6.45, 7) is 1.44. The minimum absolute atomic E-state index is 0.0313. The van der Waals surface area contributed by atoms with Crippen LogP contribution >= 0.6 is 11.3 Å². The fourth-order valence-electron chi connectivity index (χ4n) is 8.66. The number of anilines is 2. The highest BCUT2D eigenvalue weighted by Crippen LogP contribution is 2.48. The maximum Gasteiger partial charge on any atom is 0.417 e. The van der Waals surface area contributed by atoms with E-state index < -0.39 is 52.0 Å². The van der Waals surface area contributed by atoms with E-state index in [0.717, 1.165) is 29.9 Å². The molecular formula is C35H32F7N7OS. The summed E-state index contributed by atoms with van der Waals surface area (Å²) in [7, 11) is 0. The van der Waals surface area contributed by atoms with Gasteiger partial charge in [-0.05, 0) is 55.8 Å². The molecule has 4 aromatic rings. The van der Waals surface area contributed by atoms with E-state index >= 15 is 17.6 Å². The van der Waals surface area contributed by atoms with Crippen molar-refractivity contribution in [2.45, 2.75) is 55.5 Å². The lowest BCUT2D eigenvalue weighted by Crippen LogP contribution is -2.52. The largest absolute Gasteiger partial charge is 0.461 e. The molecule has 9 rings (SSSR count). The average molecular weight is 732 g/mol. The second-order valence-corrected chi connectivity index (χ2v) is 15.2. The van der Waals surface area contributed by atoms with Gasteiger partial charge in [-0.2, -0.15) is 37.2 Å². The molecule has 5 saturated heterocycles. The molecule has 8 nitrogen and oxygen atoms in total. The van der Waals surface area contributed by atoms with Crippen LogP contribution in [0.1, 0.15) is 43.2 Å². The number of aromatic nitrogens is 2. The number of halogens is 7. The lowest BCUT2D eigenvalue weighted by atomic mass is 9.86. The van der Waals surface area contributed by atoms with Gasteiger partial charge < -0.3 is 20.7 Å². The SMILES string of the molecule is N#Cc1c(N)sc2cccc(-c3c(C(F)(F)F)cc4c(N5C[C@@H]6CC[C@@](C=C(F)F)(C5)NC6)nc(OCC56CCCN5C[C@H](F)C6)nc4c3F)c12. The Labute approximate surface area is 291 Å². The third-order valence-corrected chi connectivity index (χ3v) is 11.9. The molecule has 0 saturated carbocycles. The smallest absolute Gasteiger partial charge is 0.417 e. The summed E-state index contributed by atoms with van der Waals surface area (Å²) >= 11 is 1.00. The summed E-state index contributed by atoms with van der Waals surface area (Å²) in [5, 5.41) is 12.9. The normalized spacial score (nSPS) is 26.4. The summed E-state index contributed by atoms with van der Waals surface area (Å²) in [5.41, 5.74) is 1.33. The molecule has 3 N–H and O–H groups in total. The van der Waals surface area contributed by atoms with Gasteiger partial charge in [0.05, 0.1) is 22.2 Å². The van der Waals surface area contributed by atoms with Crippen LogP contribution in [0.3, 0.4) is 0 Å². The molecule has 2 aromatic heterocycles. The molecule has 4 atom stereocenters. The zero-order valence-electron chi connectivity index (χ0n) is 27.1. The molecule has 5 aliphatic rings. The number of alkyl halides is 4. The quantitative estimate of drug-likeness (QED) is 0.198. The van der Waals surface area contributed by atoms with Crippen LogP contribution < -0.4 is 20.7 Å². The first-order chi connectivity index (χ1) is 24.3. The Morgan fingerprint density at radius 2 is 2.04 bits per heavy atom. The summed E-state index contributed by atoms with van der Waals surface area (Å²) < 4.78 is 111. The molecule has 1 unspecified atom stereocenters. The highest BCUT2D eigenvalue weighted by atomic mass is 32.1. The van der Waals surface area contributed by atoms with E-state index in [1.165, 1.54) is 12.1 Å². The number of nitrogens with zero attached hydrogens (tertiary/aromatic N) is 5. The number of nitrogens with one attached hydrogen (secondary N) is 1. The minimum Gasteiger partial charge on any atom is -0.461 e. The standard InChI is InChI=1S/C35H32F7N7OS/c36-19-10-34(6-2-8-49(34)15-19)17-50-32-46-29-21(31(47-32)48-14-18-5-7-33(16-48,45-13-18)11-25(37)38)9-23(35(40,41)42)27(28(29)39)20-3-1-4-24-26(20)22(12-43)30(44)51-24/h1,3-4,9,11,18-19,45H,2,5-8,10,13-17,44H2/t18-,19-,33-,34?/m1/s1. The van der Waals surface area contributed by atoms with E-state index in [4.69, 9.17) is 10.5 Å². The molecule has 5 aliphatic heterocycles. The highest BCUT2D eigenvalue weighted by molar-refractivity contribution is 7.23. The van der Waals surface area contributed by atoms with Gasteiger partial charge in [0, 0.05) is 59.7 Å². The van der Waals surface area contributed by atoms with Gasteiger partial charge in [0.15, 0.2) is 5.82 Å². The van der Waals surface area contributed by atoms with Gasteiger partial charge in [0.1, 0.15) is 35.2 Å². The first-order valence-electron chi connectivity index (χ1n) is 16.7. The fourth-order valence-corrected chi connectivity index (χ4v) is 9.61. The Bertz CT molecular complexity index is 2120. The predicted octanol–water partition coefficient (Wildman–Crippen LogP) is 7.42. The van der Waals surface area contributed by atoms with Crippen LogP contribution in [0.15, 0.2) is 36.4 Å². The van der Waals surface area contributed by atoms with Crippen molar-refractivity contribution in [2.75, 3.05) is 50.0 Å². The number of piperidine rings is 1. The van der Waals surface area contributed by atoms with Crippen LogP contribution in [-0.4, -0.2) is 71.4 Å². The number of ether oxygens (including phenoxy) is 1. The summed E-state index contributed by atoms with van der Waals surface area (Å²) in [4.78, 5) is 12.5. The van der Waals surface area contributed by atoms with Gasteiger partial charge in [-0.15, -0.1) is 11.3 Å². The van der Waals surface area contributed by atoms with Gasteiger partial charge in [-0.1, -0.05) is 12.1 Å². The maximum atomic E-state index is 17.2. The van der Waals surface area contributed by atoms with Gasteiger partial charge in [-0.3, -0.25) is 4.90 Å². The van der Waals surface area contributed by atoms with E-state index in [-0.39, 0.29) is 77.3 Å². The van der Waals surface area contributed by atoms with E-state index in [2.05, 4.69) is 15.3 Å². The zero-order chi connectivity index (χ0) is 35.9. The van der Waals surface area contributed by atoms with Crippen molar-refractivity contribution in [3.63, 3.8) is 0 Å². The van der Waals surface area contributed by atoms with Crippen LogP contribution in [0.2, 0.25) is 0 Å². The fraction of sp³-hybridized carbons (Fsp3) is 0.457. The second kappa shape index (κ2) is 12.2. The number of thiophene rings is 1. The Hall–Kier alpha value is -4.20. The van der Waals surface area contributed by atoms with Crippen molar-refractivity contribution in [3.8, 4) is 23.2 Å².